The molecule has 0 aromatic heterocycles. The molecule has 4 nitrogen and oxygen atoms in total. The van der Waals surface area contributed by atoms with Crippen LogP contribution in [0.2, 0.25) is 0 Å². The number of nitrogens with zero attached hydrogens (tertiary/aromatic N) is 1. The number of sulfonamides is 1. The summed E-state index contributed by atoms with van der Waals surface area (Å²) in [6.45, 7) is 0.0376. The van der Waals surface area contributed by atoms with Gasteiger partial charge in [0.05, 0.1) is 12.9 Å². The molecule has 11 heteroatoms. The molecule has 0 aliphatic rings. The van der Waals surface area contributed by atoms with Gasteiger partial charge in [-0.2, -0.15) is 0 Å². The van der Waals surface area contributed by atoms with Crippen LogP contribution in [0.4, 0.5) is 19.4 Å². The summed E-state index contributed by atoms with van der Waals surface area (Å²) in [5, 5.41) is 0. The Balaban J connectivity index is 2.13. The fourth-order valence-corrected chi connectivity index (χ4v) is 4.08. The molecule has 0 unspecified atom stereocenters. The fraction of sp³-hybridized carbons (Fsp3) is 0.250. The molecule has 0 aliphatic heterocycles. The average molecular weight is 431 g/mol. The van der Waals surface area contributed by atoms with Crippen LogP contribution in [0.25, 0.3) is 0 Å². The maximum Gasteiger partial charge on any atom is 0.310 e. The molecular weight excluding hydrogens is 413 g/mol. The highest BCUT2D eigenvalue weighted by Crippen LogP contribution is 3.02. The lowest BCUT2D eigenvalue weighted by molar-refractivity contribution is 0.364. The first-order chi connectivity index (χ1) is 12.1. The van der Waals surface area contributed by atoms with Crippen LogP contribution >= 0.6 is 10.2 Å². The number of benzene rings is 2. The predicted octanol–water partition coefficient (Wildman–Crippen LogP) is 5.31. The number of halogens is 5. The lowest BCUT2D eigenvalue weighted by Gasteiger charge is -2.40. The largest absolute Gasteiger partial charge is 0.497 e. The van der Waals surface area contributed by atoms with Crippen molar-refractivity contribution in [1.82, 2.24) is 4.31 Å². The van der Waals surface area contributed by atoms with Crippen LogP contribution in [0.15, 0.2) is 53.4 Å². The molecule has 0 amide bonds. The van der Waals surface area contributed by atoms with Crippen LogP contribution < -0.4 is 4.74 Å². The molecule has 0 saturated carbocycles. The SMILES string of the molecule is COc1ccc(CN(C)S(=O)(=O)Cc2ccc(S(F)(F)(F)(F)F)cc2)cc1. The summed E-state index contributed by atoms with van der Waals surface area (Å²) in [7, 11) is -10.8. The van der Waals surface area contributed by atoms with E-state index in [1.165, 1.54) is 14.2 Å². The minimum Gasteiger partial charge on any atom is -0.497 e. The Labute approximate surface area is 154 Å². The zero-order chi connectivity index (χ0) is 20.6. The quantitative estimate of drug-likeness (QED) is 0.558. The molecule has 2 aromatic rings. The van der Waals surface area contributed by atoms with Gasteiger partial charge >= 0.3 is 10.2 Å². The summed E-state index contributed by atoms with van der Waals surface area (Å²) < 4.78 is 94.3. The molecule has 0 N–H and O–H groups in total. The van der Waals surface area contributed by atoms with Crippen LogP contribution in [-0.2, 0) is 22.3 Å². The lowest BCUT2D eigenvalue weighted by Crippen LogP contribution is -2.27. The maximum atomic E-state index is 12.7. The van der Waals surface area contributed by atoms with Crippen molar-refractivity contribution in [2.45, 2.75) is 17.2 Å². The van der Waals surface area contributed by atoms with Gasteiger partial charge in [0.1, 0.15) is 10.6 Å². The molecule has 0 fully saturated rings. The van der Waals surface area contributed by atoms with E-state index in [9.17, 15) is 27.8 Å². The van der Waals surface area contributed by atoms with E-state index in [1.54, 1.807) is 24.3 Å². The van der Waals surface area contributed by atoms with Gasteiger partial charge in [0, 0.05) is 13.6 Å². The Bertz CT molecular complexity index is 912. The Morgan fingerprint density at radius 2 is 1.37 bits per heavy atom. The zero-order valence-electron chi connectivity index (χ0n) is 14.4. The smallest absolute Gasteiger partial charge is 0.310 e. The van der Waals surface area contributed by atoms with Gasteiger partial charge in [0.15, 0.2) is 0 Å². The summed E-state index contributed by atoms with van der Waals surface area (Å²) in [5.41, 5.74) is 0.653. The first-order valence-electron chi connectivity index (χ1n) is 7.51. The van der Waals surface area contributed by atoms with Gasteiger partial charge in [0.2, 0.25) is 10.0 Å². The third-order valence-corrected chi connectivity index (χ3v) is 6.70. The summed E-state index contributed by atoms with van der Waals surface area (Å²) >= 11 is 0. The molecule has 2 rings (SSSR count). The van der Waals surface area contributed by atoms with Gasteiger partial charge in [-0.1, -0.05) is 43.7 Å². The number of hydrogen-bond donors (Lipinski definition) is 0. The zero-order valence-corrected chi connectivity index (χ0v) is 16.0. The standard InChI is InChI=1S/C16H18F5NO3S2/c1-22(11-13-3-7-15(25-2)8-4-13)26(23,24)12-14-5-9-16(10-6-14)27(17,18,19,20)21/h3-10H,11-12H2,1-2H3. The normalized spacial score (nSPS) is 15.3. The van der Waals surface area contributed by atoms with Crippen LogP contribution in [0.3, 0.4) is 0 Å². The van der Waals surface area contributed by atoms with E-state index in [0.29, 0.717) is 11.3 Å². The summed E-state index contributed by atoms with van der Waals surface area (Å²) in [5.74, 6) is -0.00595. The van der Waals surface area contributed by atoms with Crippen molar-refractivity contribution in [3.05, 3.63) is 59.7 Å². The molecule has 152 valence electrons. The van der Waals surface area contributed by atoms with E-state index in [-0.39, 0.29) is 24.2 Å². The van der Waals surface area contributed by atoms with E-state index >= 15 is 0 Å². The first-order valence-corrected chi connectivity index (χ1v) is 11.1. The highest BCUT2D eigenvalue weighted by molar-refractivity contribution is 8.45. The Hall–Kier alpha value is -1.85. The van der Waals surface area contributed by atoms with Gasteiger partial charge < -0.3 is 4.74 Å². The second kappa shape index (κ2) is 6.35. The summed E-state index contributed by atoms with van der Waals surface area (Å²) in [4.78, 5) is -2.05. The topological polar surface area (TPSA) is 46.6 Å². The van der Waals surface area contributed by atoms with Crippen molar-refractivity contribution >= 4 is 20.2 Å². The lowest BCUT2D eigenvalue weighted by atomic mass is 10.2. The number of rotatable bonds is 7. The number of methoxy groups -OCH3 is 1. The average Bonchev–Trinajstić information content (AvgIpc) is 2.53. The molecule has 0 aliphatic carbocycles. The van der Waals surface area contributed by atoms with Gasteiger partial charge in [-0.25, -0.2) is 12.7 Å². The van der Waals surface area contributed by atoms with Crippen LogP contribution in [0.1, 0.15) is 11.1 Å². The molecule has 0 saturated heterocycles. The first kappa shape index (κ1) is 21.5. The second-order valence-electron chi connectivity index (χ2n) is 5.97. The number of ether oxygens (including phenoxy) is 1. The van der Waals surface area contributed by atoms with E-state index < -0.39 is 30.9 Å². The minimum atomic E-state index is -9.77. The van der Waals surface area contributed by atoms with Crippen molar-refractivity contribution in [2.75, 3.05) is 14.2 Å². The van der Waals surface area contributed by atoms with Gasteiger partial charge in [-0.05, 0) is 35.4 Å². The Morgan fingerprint density at radius 1 is 0.889 bits per heavy atom. The van der Waals surface area contributed by atoms with Crippen molar-refractivity contribution in [1.29, 1.82) is 0 Å². The van der Waals surface area contributed by atoms with Gasteiger partial charge in [-0.15, -0.1) is 0 Å². The van der Waals surface area contributed by atoms with Crippen molar-refractivity contribution < 1.29 is 32.6 Å². The monoisotopic (exact) mass is 431 g/mol. The number of hydrogen-bond acceptors (Lipinski definition) is 3. The van der Waals surface area contributed by atoms with Gasteiger partial charge in [0.25, 0.3) is 0 Å². The fourth-order valence-electron chi connectivity index (χ4n) is 2.25. The molecule has 0 atom stereocenters. The van der Waals surface area contributed by atoms with Gasteiger partial charge in [-0.3, -0.25) is 0 Å². The van der Waals surface area contributed by atoms with Crippen molar-refractivity contribution in [3.8, 4) is 5.75 Å². The van der Waals surface area contributed by atoms with Crippen LogP contribution in [0.5, 0.6) is 5.75 Å². The van der Waals surface area contributed by atoms with E-state index in [2.05, 4.69) is 0 Å². The highest BCUT2D eigenvalue weighted by atomic mass is 32.5. The third-order valence-electron chi connectivity index (χ3n) is 3.76. The molecule has 0 bridgehead atoms. The second-order valence-corrected chi connectivity index (χ2v) is 10.5. The Morgan fingerprint density at radius 3 is 1.81 bits per heavy atom. The van der Waals surface area contributed by atoms with E-state index in [1.807, 2.05) is 0 Å². The predicted molar refractivity (Wildman–Crippen MR) is 94.9 cm³/mol. The molecule has 0 spiro atoms. The van der Waals surface area contributed by atoms with Crippen molar-refractivity contribution in [2.24, 2.45) is 0 Å². The highest BCUT2D eigenvalue weighted by Gasteiger charge is 2.65. The van der Waals surface area contributed by atoms with E-state index in [0.717, 1.165) is 16.4 Å². The molecular formula is C16H18F5NO3S2. The van der Waals surface area contributed by atoms with Crippen LogP contribution in [-0.4, -0.2) is 26.9 Å². The molecule has 0 radical (unpaired) electrons. The summed E-state index contributed by atoms with van der Waals surface area (Å²) in [6.07, 6.45) is 0. The Kier molecular flexibility index (Phi) is 5.04. The van der Waals surface area contributed by atoms with Crippen LogP contribution in [0, 0.1) is 0 Å². The van der Waals surface area contributed by atoms with E-state index in [4.69, 9.17) is 4.74 Å². The summed E-state index contributed by atoms with van der Waals surface area (Å²) in [6, 6.07) is 8.56. The molecule has 27 heavy (non-hydrogen) atoms. The third kappa shape index (κ3) is 5.81. The molecule has 2 aromatic carbocycles. The maximum absolute atomic E-state index is 12.7. The van der Waals surface area contributed by atoms with Crippen molar-refractivity contribution in [3.63, 3.8) is 0 Å². The minimum absolute atomic E-state index is 0.0258. The molecule has 0 heterocycles.